The maximum absolute atomic E-state index is 11.6. The fourth-order valence-electron chi connectivity index (χ4n) is 0.840. The van der Waals surface area contributed by atoms with Crippen LogP contribution in [-0.2, 0) is 0 Å². The molecule has 0 atom stereocenters. The Bertz CT molecular complexity index is 276. The number of hydrogen-bond donors (Lipinski definition) is 0. The van der Waals surface area contributed by atoms with Crippen molar-refractivity contribution in [2.24, 2.45) is 0 Å². The fourth-order valence-corrected chi connectivity index (χ4v) is 1.07. The third-order valence-corrected chi connectivity index (χ3v) is 1.82. The summed E-state index contributed by atoms with van der Waals surface area (Å²) in [6, 6.07) is 3.52. The van der Waals surface area contributed by atoms with Crippen LogP contribution in [0.3, 0.4) is 0 Å². The van der Waals surface area contributed by atoms with Crippen molar-refractivity contribution < 1.29 is 4.79 Å². The first kappa shape index (κ1) is 9.39. The molecule has 0 saturated heterocycles. The Kier molecular flexibility index (Phi) is 2.62. The predicted octanol–water partition coefficient (Wildman–Crippen LogP) is 2.44. The van der Waals surface area contributed by atoms with Crippen LogP contribution in [0, 0.1) is 0 Å². The molecule has 0 aliphatic carbocycles. The van der Waals surface area contributed by atoms with Crippen molar-refractivity contribution in [1.82, 2.24) is 4.98 Å². The second kappa shape index (κ2) is 3.35. The minimum atomic E-state index is -0.504. The van der Waals surface area contributed by atoms with Crippen LogP contribution in [0.15, 0.2) is 24.5 Å². The van der Waals surface area contributed by atoms with Gasteiger partial charge in [0.1, 0.15) is 0 Å². The summed E-state index contributed by atoms with van der Waals surface area (Å²) < 4.78 is -0.504. The van der Waals surface area contributed by atoms with E-state index in [1.807, 2.05) is 13.8 Å². The van der Waals surface area contributed by atoms with E-state index >= 15 is 0 Å². The lowest BCUT2D eigenvalue weighted by Gasteiger charge is -2.13. The Hall–Kier alpha value is -0.700. The van der Waals surface area contributed by atoms with Crippen LogP contribution in [0.2, 0.25) is 0 Å². The zero-order chi connectivity index (χ0) is 9.19. The summed E-state index contributed by atoms with van der Waals surface area (Å²) in [5.74, 6) is 0.0515. The van der Waals surface area contributed by atoms with E-state index in [1.165, 1.54) is 0 Å². The highest BCUT2D eigenvalue weighted by atomic mass is 79.9. The molecule has 0 spiro atoms. The third kappa shape index (κ3) is 2.14. The van der Waals surface area contributed by atoms with Crippen molar-refractivity contribution in [3.8, 4) is 0 Å². The van der Waals surface area contributed by atoms with Gasteiger partial charge in [0, 0.05) is 18.0 Å². The van der Waals surface area contributed by atoms with Crippen LogP contribution in [0.25, 0.3) is 0 Å². The second-order valence-corrected chi connectivity index (χ2v) is 5.03. The fraction of sp³-hybridized carbons (Fsp3) is 0.333. The first-order chi connectivity index (χ1) is 5.52. The molecule has 0 bridgehead atoms. The summed E-state index contributed by atoms with van der Waals surface area (Å²) >= 11 is 3.30. The van der Waals surface area contributed by atoms with E-state index in [-0.39, 0.29) is 5.78 Å². The Morgan fingerprint density at radius 2 is 2.25 bits per heavy atom. The molecule has 3 heteroatoms. The van der Waals surface area contributed by atoms with Gasteiger partial charge in [0.2, 0.25) is 0 Å². The van der Waals surface area contributed by atoms with Crippen LogP contribution < -0.4 is 0 Å². The normalized spacial score (nSPS) is 11.2. The molecule has 0 aromatic carbocycles. The largest absolute Gasteiger partial charge is 0.293 e. The van der Waals surface area contributed by atoms with Crippen molar-refractivity contribution in [3.05, 3.63) is 30.1 Å². The molecule has 0 amide bonds. The Morgan fingerprint density at radius 3 is 2.67 bits per heavy atom. The molecular formula is C9H10BrNO. The van der Waals surface area contributed by atoms with Crippen LogP contribution >= 0.6 is 15.9 Å². The van der Waals surface area contributed by atoms with Crippen molar-refractivity contribution in [2.45, 2.75) is 18.2 Å². The highest BCUT2D eigenvalue weighted by Gasteiger charge is 2.24. The molecule has 1 heterocycles. The van der Waals surface area contributed by atoms with Gasteiger partial charge in [0.05, 0.1) is 4.32 Å². The summed E-state index contributed by atoms with van der Waals surface area (Å²) in [4.78, 5) is 15.5. The topological polar surface area (TPSA) is 30.0 Å². The van der Waals surface area contributed by atoms with E-state index in [4.69, 9.17) is 0 Å². The van der Waals surface area contributed by atoms with E-state index in [9.17, 15) is 4.79 Å². The van der Waals surface area contributed by atoms with Crippen molar-refractivity contribution in [2.75, 3.05) is 0 Å². The maximum atomic E-state index is 11.6. The number of rotatable bonds is 2. The quantitative estimate of drug-likeness (QED) is 0.574. The SMILES string of the molecule is CC(C)(Br)C(=O)c1cccnc1. The van der Waals surface area contributed by atoms with Crippen molar-refractivity contribution in [3.63, 3.8) is 0 Å². The van der Waals surface area contributed by atoms with Gasteiger partial charge in [-0.2, -0.15) is 0 Å². The second-order valence-electron chi connectivity index (χ2n) is 3.04. The van der Waals surface area contributed by atoms with Gasteiger partial charge in [-0.05, 0) is 26.0 Å². The molecule has 0 aliphatic rings. The molecule has 0 fully saturated rings. The average Bonchev–Trinajstić information content (AvgIpc) is 2.03. The van der Waals surface area contributed by atoms with Gasteiger partial charge in [-0.15, -0.1) is 0 Å². The van der Waals surface area contributed by atoms with E-state index in [2.05, 4.69) is 20.9 Å². The Labute approximate surface area is 80.1 Å². The number of ketones is 1. The highest BCUT2D eigenvalue weighted by Crippen LogP contribution is 2.21. The van der Waals surface area contributed by atoms with Gasteiger partial charge in [-0.3, -0.25) is 9.78 Å². The molecule has 0 unspecified atom stereocenters. The molecule has 1 rings (SSSR count). The summed E-state index contributed by atoms with van der Waals surface area (Å²) in [5, 5.41) is 0. The van der Waals surface area contributed by atoms with Gasteiger partial charge in [-0.25, -0.2) is 0 Å². The van der Waals surface area contributed by atoms with E-state index in [1.54, 1.807) is 24.5 Å². The zero-order valence-electron chi connectivity index (χ0n) is 7.04. The summed E-state index contributed by atoms with van der Waals surface area (Å²) in [5.41, 5.74) is 0.638. The highest BCUT2D eigenvalue weighted by molar-refractivity contribution is 9.10. The lowest BCUT2D eigenvalue weighted by Crippen LogP contribution is -2.23. The molecule has 0 aliphatic heterocycles. The standard InChI is InChI=1S/C9H10BrNO/c1-9(2,10)8(12)7-4-3-5-11-6-7/h3-6H,1-2H3. The van der Waals surface area contributed by atoms with Crippen LogP contribution in [0.4, 0.5) is 0 Å². The van der Waals surface area contributed by atoms with E-state index in [0.29, 0.717) is 5.56 Å². The van der Waals surface area contributed by atoms with Crippen LogP contribution in [0.1, 0.15) is 24.2 Å². The number of pyridine rings is 1. The minimum absolute atomic E-state index is 0.0515. The first-order valence-electron chi connectivity index (χ1n) is 3.65. The first-order valence-corrected chi connectivity index (χ1v) is 4.45. The maximum Gasteiger partial charge on any atom is 0.180 e. The summed E-state index contributed by atoms with van der Waals surface area (Å²) in [7, 11) is 0. The number of Topliss-reactive ketones (excluding diaryl/α,β-unsaturated/α-hetero) is 1. The minimum Gasteiger partial charge on any atom is -0.293 e. The van der Waals surface area contributed by atoms with Crippen molar-refractivity contribution in [1.29, 1.82) is 0 Å². The zero-order valence-corrected chi connectivity index (χ0v) is 8.63. The third-order valence-electron chi connectivity index (χ3n) is 1.46. The van der Waals surface area contributed by atoms with Gasteiger partial charge in [0.25, 0.3) is 0 Å². The number of aromatic nitrogens is 1. The number of carbonyl (C=O) groups excluding carboxylic acids is 1. The van der Waals surface area contributed by atoms with Gasteiger partial charge < -0.3 is 0 Å². The smallest absolute Gasteiger partial charge is 0.180 e. The lowest BCUT2D eigenvalue weighted by molar-refractivity contribution is 0.0961. The molecule has 12 heavy (non-hydrogen) atoms. The van der Waals surface area contributed by atoms with E-state index in [0.717, 1.165) is 0 Å². The number of hydrogen-bond acceptors (Lipinski definition) is 2. The molecule has 0 saturated carbocycles. The Morgan fingerprint density at radius 1 is 1.58 bits per heavy atom. The molecular weight excluding hydrogens is 218 g/mol. The molecule has 1 aromatic heterocycles. The molecule has 64 valence electrons. The number of alkyl halides is 1. The Balaban J connectivity index is 2.94. The summed E-state index contributed by atoms with van der Waals surface area (Å²) in [6.45, 7) is 3.64. The number of nitrogens with zero attached hydrogens (tertiary/aromatic N) is 1. The number of halogens is 1. The van der Waals surface area contributed by atoms with Crippen LogP contribution in [0.5, 0.6) is 0 Å². The molecule has 2 nitrogen and oxygen atoms in total. The van der Waals surface area contributed by atoms with E-state index < -0.39 is 4.32 Å². The monoisotopic (exact) mass is 227 g/mol. The lowest BCUT2D eigenvalue weighted by atomic mass is 10.0. The number of carbonyl (C=O) groups is 1. The van der Waals surface area contributed by atoms with Crippen molar-refractivity contribution >= 4 is 21.7 Å². The summed E-state index contributed by atoms with van der Waals surface area (Å²) in [6.07, 6.45) is 3.23. The van der Waals surface area contributed by atoms with Gasteiger partial charge >= 0.3 is 0 Å². The van der Waals surface area contributed by atoms with Gasteiger partial charge in [-0.1, -0.05) is 15.9 Å². The molecule has 0 N–H and O–H groups in total. The average molecular weight is 228 g/mol. The predicted molar refractivity (Wildman–Crippen MR) is 51.6 cm³/mol. The molecule has 0 radical (unpaired) electrons. The van der Waals surface area contributed by atoms with Crippen LogP contribution in [-0.4, -0.2) is 15.1 Å². The molecule has 1 aromatic rings. The van der Waals surface area contributed by atoms with Gasteiger partial charge in [0.15, 0.2) is 5.78 Å².